The highest BCUT2D eigenvalue weighted by atomic mass is 16.5. The summed E-state index contributed by atoms with van der Waals surface area (Å²) in [5.41, 5.74) is 2.96. The van der Waals surface area contributed by atoms with E-state index in [1.807, 2.05) is 30.8 Å². The zero-order valence-electron chi connectivity index (χ0n) is 20.1. The molecule has 3 heterocycles. The molecule has 0 radical (unpaired) electrons. The number of ether oxygens (including phenoxy) is 1. The molecule has 2 unspecified atom stereocenters. The maximum absolute atomic E-state index is 11.3. The van der Waals surface area contributed by atoms with Crippen LogP contribution < -0.4 is 10.1 Å². The number of nitrogens with one attached hydrogen (secondary N) is 1. The van der Waals surface area contributed by atoms with Gasteiger partial charge in [-0.05, 0) is 50.7 Å². The highest BCUT2D eigenvalue weighted by Gasteiger charge is 2.28. The van der Waals surface area contributed by atoms with Gasteiger partial charge in [-0.3, -0.25) is 9.48 Å². The third-order valence-corrected chi connectivity index (χ3v) is 5.99. The van der Waals surface area contributed by atoms with Crippen LogP contribution in [0, 0.1) is 18.8 Å². The monoisotopic (exact) mass is 468 g/mol. The van der Waals surface area contributed by atoms with E-state index in [2.05, 4.69) is 39.6 Å². The first kappa shape index (κ1) is 23.7. The predicted octanol–water partition coefficient (Wildman–Crippen LogP) is 3.07. The van der Waals surface area contributed by atoms with Crippen molar-refractivity contribution in [2.45, 2.75) is 65.6 Å². The van der Waals surface area contributed by atoms with Crippen LogP contribution in [0.3, 0.4) is 0 Å². The Balaban J connectivity index is 1.45. The fourth-order valence-electron chi connectivity index (χ4n) is 4.24. The summed E-state index contributed by atoms with van der Waals surface area (Å²) in [7, 11) is 1.84. The van der Waals surface area contributed by atoms with E-state index in [4.69, 9.17) is 9.72 Å². The first-order valence-electron chi connectivity index (χ1n) is 11.7. The number of nitrogens with zero attached hydrogens (tertiary/aromatic N) is 7. The molecule has 1 saturated carbocycles. The second-order valence-corrected chi connectivity index (χ2v) is 9.27. The first-order valence-corrected chi connectivity index (χ1v) is 11.7. The molecule has 11 nitrogen and oxygen atoms in total. The van der Waals surface area contributed by atoms with Crippen molar-refractivity contribution < 1.29 is 14.6 Å². The number of carboxylic acid groups (broad SMARTS) is 1. The summed E-state index contributed by atoms with van der Waals surface area (Å²) in [5, 5.41) is 25.5. The molecule has 11 heteroatoms. The number of pyridine rings is 1. The summed E-state index contributed by atoms with van der Waals surface area (Å²) in [6.45, 7) is 7.41. The lowest BCUT2D eigenvalue weighted by molar-refractivity contribution is -0.143. The SMILES string of the molecule is Cc1nc(-c2nnn(C)c2CNc2ncn(CC(C)C)n2)ccc1OC1CCCC(C(=O)O)C1. The summed E-state index contributed by atoms with van der Waals surface area (Å²) in [4.78, 5) is 20.4. The Morgan fingerprint density at radius 2 is 2.15 bits per heavy atom. The van der Waals surface area contributed by atoms with Gasteiger partial charge < -0.3 is 15.2 Å². The summed E-state index contributed by atoms with van der Waals surface area (Å²) in [5.74, 6) is 0.618. The van der Waals surface area contributed by atoms with Crippen molar-refractivity contribution in [3.8, 4) is 17.1 Å². The molecule has 1 aliphatic rings. The summed E-state index contributed by atoms with van der Waals surface area (Å²) >= 11 is 0. The van der Waals surface area contributed by atoms with Crippen LogP contribution in [0.4, 0.5) is 5.95 Å². The fraction of sp³-hybridized carbons (Fsp3) is 0.565. The largest absolute Gasteiger partial charge is 0.489 e. The molecule has 0 bridgehead atoms. The number of carboxylic acids is 1. The molecule has 34 heavy (non-hydrogen) atoms. The Morgan fingerprint density at radius 1 is 1.32 bits per heavy atom. The number of aliphatic carboxylic acids is 1. The van der Waals surface area contributed by atoms with Gasteiger partial charge in [0.1, 0.15) is 17.8 Å². The maximum atomic E-state index is 11.3. The van der Waals surface area contributed by atoms with Crippen LogP contribution in [0.2, 0.25) is 0 Å². The van der Waals surface area contributed by atoms with Crippen LogP contribution in [0.15, 0.2) is 18.5 Å². The molecule has 1 aliphatic carbocycles. The minimum Gasteiger partial charge on any atom is -0.489 e. The molecule has 0 aromatic carbocycles. The third-order valence-electron chi connectivity index (χ3n) is 5.99. The number of hydrogen-bond donors (Lipinski definition) is 2. The van der Waals surface area contributed by atoms with Crippen molar-refractivity contribution in [3.05, 3.63) is 29.8 Å². The van der Waals surface area contributed by atoms with Crippen LogP contribution in [0.5, 0.6) is 5.75 Å². The van der Waals surface area contributed by atoms with E-state index in [0.717, 1.165) is 30.8 Å². The van der Waals surface area contributed by atoms with E-state index < -0.39 is 5.97 Å². The van der Waals surface area contributed by atoms with Crippen molar-refractivity contribution >= 4 is 11.9 Å². The molecule has 3 aromatic heterocycles. The maximum Gasteiger partial charge on any atom is 0.306 e. The molecule has 0 aliphatic heterocycles. The van der Waals surface area contributed by atoms with Gasteiger partial charge in [-0.2, -0.15) is 0 Å². The van der Waals surface area contributed by atoms with Crippen molar-refractivity contribution in [3.63, 3.8) is 0 Å². The second kappa shape index (κ2) is 10.2. The molecular formula is C23H32N8O3. The van der Waals surface area contributed by atoms with Crippen molar-refractivity contribution in [1.82, 2.24) is 34.7 Å². The Morgan fingerprint density at radius 3 is 2.88 bits per heavy atom. The lowest BCUT2D eigenvalue weighted by Gasteiger charge is -2.27. The van der Waals surface area contributed by atoms with Gasteiger partial charge in [0.05, 0.1) is 35.6 Å². The van der Waals surface area contributed by atoms with E-state index in [-0.39, 0.29) is 12.0 Å². The van der Waals surface area contributed by atoms with E-state index in [9.17, 15) is 9.90 Å². The Bertz CT molecular complexity index is 1140. The molecule has 4 rings (SSSR count). The van der Waals surface area contributed by atoms with E-state index >= 15 is 0 Å². The van der Waals surface area contributed by atoms with Gasteiger partial charge in [0, 0.05) is 13.6 Å². The van der Waals surface area contributed by atoms with Gasteiger partial charge >= 0.3 is 5.97 Å². The number of anilines is 1. The standard InChI is InChI=1S/C23H32N8O3/c1-14(2)12-31-13-25-23(28-31)24-11-19-21(27-29-30(19)4)18-8-9-20(15(3)26-18)34-17-7-5-6-16(10-17)22(32)33/h8-9,13-14,16-17H,5-7,10-12H2,1-4H3,(H,24,28)(H,32,33). The van der Waals surface area contributed by atoms with Crippen LogP contribution in [-0.4, -0.2) is 51.9 Å². The van der Waals surface area contributed by atoms with Gasteiger partial charge in [0.15, 0.2) is 0 Å². The predicted molar refractivity (Wildman–Crippen MR) is 125 cm³/mol. The highest BCUT2D eigenvalue weighted by Crippen LogP contribution is 2.30. The molecule has 0 amide bonds. The number of aromatic nitrogens is 7. The number of aryl methyl sites for hydroxylation is 2. The molecule has 1 fully saturated rings. The van der Waals surface area contributed by atoms with Crippen molar-refractivity contribution in [2.24, 2.45) is 18.9 Å². The molecule has 0 spiro atoms. The van der Waals surface area contributed by atoms with Gasteiger partial charge in [-0.1, -0.05) is 19.1 Å². The summed E-state index contributed by atoms with van der Waals surface area (Å²) in [6, 6.07) is 3.74. The van der Waals surface area contributed by atoms with E-state index in [1.54, 1.807) is 11.0 Å². The van der Waals surface area contributed by atoms with Crippen LogP contribution >= 0.6 is 0 Å². The highest BCUT2D eigenvalue weighted by molar-refractivity contribution is 5.70. The zero-order valence-corrected chi connectivity index (χ0v) is 20.1. The van der Waals surface area contributed by atoms with Gasteiger partial charge in [0.2, 0.25) is 5.95 Å². The lowest BCUT2D eigenvalue weighted by atomic mass is 9.87. The fourth-order valence-corrected chi connectivity index (χ4v) is 4.24. The summed E-state index contributed by atoms with van der Waals surface area (Å²) < 4.78 is 9.66. The molecule has 182 valence electrons. The molecular weight excluding hydrogens is 436 g/mol. The van der Waals surface area contributed by atoms with E-state index in [1.165, 1.54) is 0 Å². The van der Waals surface area contributed by atoms with Crippen molar-refractivity contribution in [2.75, 3.05) is 5.32 Å². The first-order chi connectivity index (χ1) is 16.3. The Labute approximate surface area is 198 Å². The second-order valence-electron chi connectivity index (χ2n) is 9.27. The average molecular weight is 469 g/mol. The smallest absolute Gasteiger partial charge is 0.306 e. The number of rotatable bonds is 9. The molecule has 2 atom stereocenters. The number of hydrogen-bond acceptors (Lipinski definition) is 8. The topological polar surface area (TPSA) is 133 Å². The third kappa shape index (κ3) is 5.52. The molecule has 3 aromatic rings. The van der Waals surface area contributed by atoms with E-state index in [0.29, 0.717) is 48.4 Å². The average Bonchev–Trinajstić information content (AvgIpc) is 3.39. The van der Waals surface area contributed by atoms with Crippen LogP contribution in [-0.2, 0) is 24.9 Å². The zero-order chi connectivity index (χ0) is 24.2. The van der Waals surface area contributed by atoms with Crippen LogP contribution in [0.25, 0.3) is 11.4 Å². The molecule has 2 N–H and O–H groups in total. The molecule has 0 saturated heterocycles. The Hall–Kier alpha value is -3.50. The van der Waals surface area contributed by atoms with Crippen LogP contribution in [0.1, 0.15) is 50.9 Å². The van der Waals surface area contributed by atoms with Gasteiger partial charge in [-0.15, -0.1) is 10.2 Å². The number of carbonyl (C=O) groups is 1. The van der Waals surface area contributed by atoms with Gasteiger partial charge in [-0.25, -0.2) is 14.6 Å². The minimum atomic E-state index is -0.746. The minimum absolute atomic E-state index is 0.111. The Kier molecular flexibility index (Phi) is 7.09. The van der Waals surface area contributed by atoms with Crippen molar-refractivity contribution in [1.29, 1.82) is 0 Å². The lowest BCUT2D eigenvalue weighted by Crippen LogP contribution is -2.29. The quantitative estimate of drug-likeness (QED) is 0.486. The van der Waals surface area contributed by atoms with Gasteiger partial charge in [0.25, 0.3) is 0 Å². The normalized spacial score (nSPS) is 18.3. The summed E-state index contributed by atoms with van der Waals surface area (Å²) in [6.07, 6.45) is 4.55.